The highest BCUT2D eigenvalue weighted by Gasteiger charge is 2.27. The van der Waals surface area contributed by atoms with Crippen LogP contribution < -0.4 is 10.7 Å². The number of rotatable bonds is 4. The second-order valence-electron chi connectivity index (χ2n) is 7.47. The Morgan fingerprint density at radius 2 is 1.52 bits per heavy atom. The predicted molar refractivity (Wildman–Crippen MR) is 126 cm³/mol. The van der Waals surface area contributed by atoms with Gasteiger partial charge in [-0.15, -0.1) is 0 Å². The van der Waals surface area contributed by atoms with Crippen LogP contribution in [0.15, 0.2) is 27.8 Å². The fraction of sp³-hybridized carbons (Fsp3) is 0.261. The van der Waals surface area contributed by atoms with Crippen LogP contribution >= 0.6 is 23.2 Å². The number of aryl methyl sites for hydroxylation is 1. The lowest BCUT2D eigenvalue weighted by molar-refractivity contribution is 0.254. The number of urea groups is 1. The van der Waals surface area contributed by atoms with Gasteiger partial charge in [-0.3, -0.25) is 0 Å². The third kappa shape index (κ3) is 4.05. The van der Waals surface area contributed by atoms with Crippen LogP contribution in [0, 0.1) is 41.5 Å². The molecule has 8 heteroatoms. The van der Waals surface area contributed by atoms with Crippen LogP contribution in [0.1, 0.15) is 39.1 Å². The molecule has 0 spiro atoms. The molecule has 2 aromatic carbocycles. The molecule has 0 radical (unpaired) electrons. The van der Waals surface area contributed by atoms with Gasteiger partial charge in [0.2, 0.25) is 0 Å². The molecule has 0 bridgehead atoms. The van der Waals surface area contributed by atoms with Crippen LogP contribution in [-0.2, 0) is 0 Å². The molecule has 0 aliphatic carbocycles. The van der Waals surface area contributed by atoms with E-state index in [1.165, 1.54) is 16.7 Å². The van der Waals surface area contributed by atoms with Crippen molar-refractivity contribution in [3.8, 4) is 11.3 Å². The maximum absolute atomic E-state index is 12.4. The number of hydrazone groups is 1. The van der Waals surface area contributed by atoms with Crippen molar-refractivity contribution >= 4 is 41.1 Å². The Hall–Kier alpha value is -2.83. The van der Waals surface area contributed by atoms with E-state index in [0.717, 1.165) is 21.7 Å². The number of nitrogens with zero attached hydrogens (tertiary/aromatic N) is 3. The van der Waals surface area contributed by atoms with Gasteiger partial charge < -0.3 is 10.3 Å². The molecular formula is C23H24Cl2N4O2. The van der Waals surface area contributed by atoms with Gasteiger partial charge in [-0.25, -0.2) is 4.79 Å². The molecule has 1 heterocycles. The van der Waals surface area contributed by atoms with E-state index in [0.29, 0.717) is 21.4 Å². The molecule has 1 aromatic heterocycles. The number of nitrogens with two attached hydrogens (primary N) is 1. The molecule has 6 nitrogen and oxygen atoms in total. The molecule has 0 fully saturated rings. The van der Waals surface area contributed by atoms with E-state index in [1.54, 1.807) is 31.3 Å². The first kappa shape index (κ1) is 22.8. The smallest absolute Gasteiger partial charge is 0.340 e. The molecule has 0 aliphatic heterocycles. The van der Waals surface area contributed by atoms with Crippen LogP contribution in [0.25, 0.3) is 11.3 Å². The number of anilines is 1. The first-order valence-electron chi connectivity index (χ1n) is 9.67. The number of halogens is 2. The van der Waals surface area contributed by atoms with Gasteiger partial charge >= 0.3 is 6.03 Å². The van der Waals surface area contributed by atoms with Crippen molar-refractivity contribution < 1.29 is 9.32 Å². The summed E-state index contributed by atoms with van der Waals surface area (Å²) in [6.07, 6.45) is 1.64. The summed E-state index contributed by atoms with van der Waals surface area (Å²) in [5.41, 5.74) is 13.4. The maximum atomic E-state index is 12.4. The summed E-state index contributed by atoms with van der Waals surface area (Å²) in [5, 5.41) is 10.3. The zero-order valence-corrected chi connectivity index (χ0v) is 19.8. The highest BCUT2D eigenvalue weighted by Crippen LogP contribution is 2.41. The normalized spacial score (nSPS) is 11.4. The van der Waals surface area contributed by atoms with Gasteiger partial charge in [0.25, 0.3) is 0 Å². The largest absolute Gasteiger partial charge is 0.359 e. The van der Waals surface area contributed by atoms with E-state index >= 15 is 0 Å². The summed E-state index contributed by atoms with van der Waals surface area (Å²) >= 11 is 12.7. The Morgan fingerprint density at radius 3 is 2.03 bits per heavy atom. The SMILES string of the molecule is Cc1onc(-c2c(Cl)cccc2Cl)c1N(/N=C\c1c(C)c(C)c(C)c(C)c1C)C(N)=O. The number of carbonyl (C=O) groups is 1. The lowest BCUT2D eigenvalue weighted by Crippen LogP contribution is -2.32. The van der Waals surface area contributed by atoms with Crippen LogP contribution in [0.2, 0.25) is 10.0 Å². The highest BCUT2D eigenvalue weighted by atomic mass is 35.5. The number of carbonyl (C=O) groups excluding carboxylic acids is 1. The summed E-state index contributed by atoms with van der Waals surface area (Å²) in [6.45, 7) is 12.0. The van der Waals surface area contributed by atoms with E-state index in [2.05, 4.69) is 31.0 Å². The second kappa shape index (κ2) is 8.73. The van der Waals surface area contributed by atoms with Gasteiger partial charge in [-0.05, 0) is 81.5 Å². The van der Waals surface area contributed by atoms with E-state index in [4.69, 9.17) is 33.5 Å². The van der Waals surface area contributed by atoms with Crippen LogP contribution in [0.3, 0.4) is 0 Å². The van der Waals surface area contributed by atoms with Crippen molar-refractivity contribution in [2.75, 3.05) is 5.01 Å². The molecule has 2 amide bonds. The van der Waals surface area contributed by atoms with Crippen molar-refractivity contribution in [2.24, 2.45) is 10.8 Å². The Balaban J connectivity index is 2.18. The van der Waals surface area contributed by atoms with Gasteiger partial charge in [-0.1, -0.05) is 34.4 Å². The first-order valence-corrected chi connectivity index (χ1v) is 10.4. The molecule has 3 aromatic rings. The third-order valence-corrected chi connectivity index (χ3v) is 6.44. The molecule has 3 rings (SSSR count). The van der Waals surface area contributed by atoms with Crippen LogP contribution in [-0.4, -0.2) is 17.4 Å². The number of benzene rings is 2. The first-order chi connectivity index (χ1) is 14.6. The monoisotopic (exact) mass is 458 g/mol. The summed E-state index contributed by atoms with van der Waals surface area (Å²) in [4.78, 5) is 12.4. The lowest BCUT2D eigenvalue weighted by atomic mass is 9.90. The molecule has 0 saturated carbocycles. The molecule has 0 aliphatic rings. The van der Waals surface area contributed by atoms with E-state index in [-0.39, 0.29) is 11.4 Å². The van der Waals surface area contributed by atoms with Crippen molar-refractivity contribution in [3.63, 3.8) is 0 Å². The fourth-order valence-corrected chi connectivity index (χ4v) is 4.14. The standard InChI is InChI=1S/C23H24Cl2N4O2/c1-11-12(2)14(4)17(15(5)13(11)3)10-27-29(23(26)30)22-16(6)31-28-21(22)20-18(24)8-7-9-19(20)25/h7-10H,1-6H3,(H2,26,30)/b27-10-. The van der Waals surface area contributed by atoms with Crippen molar-refractivity contribution in [3.05, 3.63) is 67.4 Å². The molecule has 2 N–H and O–H groups in total. The van der Waals surface area contributed by atoms with Crippen molar-refractivity contribution in [1.29, 1.82) is 0 Å². The molecular weight excluding hydrogens is 435 g/mol. The van der Waals surface area contributed by atoms with Gasteiger partial charge in [-0.2, -0.15) is 10.1 Å². The number of primary amides is 1. The fourth-order valence-electron chi connectivity index (χ4n) is 3.57. The highest BCUT2D eigenvalue weighted by molar-refractivity contribution is 6.39. The summed E-state index contributed by atoms with van der Waals surface area (Å²) in [5.74, 6) is 0.353. The van der Waals surface area contributed by atoms with Gasteiger partial charge in [0, 0.05) is 11.1 Å². The molecule has 0 atom stereocenters. The third-order valence-electron chi connectivity index (χ3n) is 5.81. The number of amides is 2. The maximum Gasteiger partial charge on any atom is 0.340 e. The summed E-state index contributed by atoms with van der Waals surface area (Å²) in [7, 11) is 0. The Kier molecular flexibility index (Phi) is 6.43. The number of hydrogen-bond donors (Lipinski definition) is 1. The minimum absolute atomic E-state index is 0.286. The Labute approximate surface area is 191 Å². The van der Waals surface area contributed by atoms with Gasteiger partial charge in [0.1, 0.15) is 11.4 Å². The van der Waals surface area contributed by atoms with Gasteiger partial charge in [0.05, 0.1) is 16.3 Å². The topological polar surface area (TPSA) is 84.7 Å². The van der Waals surface area contributed by atoms with Gasteiger partial charge in [0.15, 0.2) is 5.76 Å². The molecule has 0 unspecified atom stereocenters. The summed E-state index contributed by atoms with van der Waals surface area (Å²) in [6, 6.07) is 4.29. The minimum atomic E-state index is -0.789. The van der Waals surface area contributed by atoms with E-state index < -0.39 is 6.03 Å². The average molecular weight is 459 g/mol. The second-order valence-corrected chi connectivity index (χ2v) is 8.28. The number of aromatic nitrogens is 1. The zero-order valence-electron chi connectivity index (χ0n) is 18.3. The predicted octanol–water partition coefficient (Wildman–Crippen LogP) is 6.42. The van der Waals surface area contributed by atoms with Crippen LogP contribution in [0.4, 0.5) is 10.5 Å². The van der Waals surface area contributed by atoms with Crippen molar-refractivity contribution in [1.82, 2.24) is 5.16 Å². The van der Waals surface area contributed by atoms with Crippen LogP contribution in [0.5, 0.6) is 0 Å². The average Bonchev–Trinajstić information content (AvgIpc) is 3.08. The minimum Gasteiger partial charge on any atom is -0.359 e. The number of hydrogen-bond acceptors (Lipinski definition) is 4. The molecule has 0 saturated heterocycles. The Morgan fingerprint density at radius 1 is 1.00 bits per heavy atom. The Bertz CT molecular complexity index is 1170. The zero-order chi connectivity index (χ0) is 23.0. The lowest BCUT2D eigenvalue weighted by Gasteiger charge is -2.18. The van der Waals surface area contributed by atoms with E-state index in [1.807, 2.05) is 13.8 Å². The quantitative estimate of drug-likeness (QED) is 0.361. The molecule has 162 valence electrons. The van der Waals surface area contributed by atoms with Crippen molar-refractivity contribution in [2.45, 2.75) is 41.5 Å². The van der Waals surface area contributed by atoms with E-state index in [9.17, 15) is 4.79 Å². The summed E-state index contributed by atoms with van der Waals surface area (Å²) < 4.78 is 5.35. The molecule has 31 heavy (non-hydrogen) atoms.